The molecule has 1 heterocycles. The van der Waals surface area contributed by atoms with E-state index in [1.807, 2.05) is 41.5 Å². The first-order valence-corrected chi connectivity index (χ1v) is 6.69. The fourth-order valence-electron chi connectivity index (χ4n) is 1.56. The van der Waals surface area contributed by atoms with E-state index in [4.69, 9.17) is 9.47 Å². The van der Waals surface area contributed by atoms with Crippen LogP contribution in [0.4, 0.5) is 0 Å². The Kier molecular flexibility index (Phi) is 5.33. The van der Waals surface area contributed by atoms with Gasteiger partial charge in [-0.2, -0.15) is 4.98 Å². The topological polar surface area (TPSA) is 48.4 Å². The minimum absolute atomic E-state index is 0.00352. The molecule has 1 rings (SSSR count). The number of pyridine rings is 1. The van der Waals surface area contributed by atoms with E-state index in [2.05, 4.69) is 4.98 Å². The molecular formula is C15H23NO3. The quantitative estimate of drug-likeness (QED) is 0.739. The molecule has 0 bridgehead atoms. The summed E-state index contributed by atoms with van der Waals surface area (Å²) in [5, 5.41) is 0. The number of ketones is 1. The molecule has 0 amide bonds. The minimum Gasteiger partial charge on any atom is -0.475 e. The van der Waals surface area contributed by atoms with Crippen molar-refractivity contribution in [2.45, 2.75) is 53.8 Å². The van der Waals surface area contributed by atoms with E-state index in [0.717, 1.165) is 0 Å². The van der Waals surface area contributed by atoms with E-state index >= 15 is 0 Å². The predicted octanol–water partition coefficient (Wildman–Crippen LogP) is 3.49. The molecule has 0 aliphatic heterocycles. The van der Waals surface area contributed by atoms with Gasteiger partial charge in [-0.15, -0.1) is 0 Å². The third kappa shape index (κ3) is 4.89. The molecule has 0 saturated heterocycles. The van der Waals surface area contributed by atoms with Gasteiger partial charge >= 0.3 is 0 Å². The van der Waals surface area contributed by atoms with Gasteiger partial charge in [-0.05, 0) is 27.7 Å². The highest BCUT2D eigenvalue weighted by atomic mass is 16.5. The van der Waals surface area contributed by atoms with E-state index < -0.39 is 0 Å². The zero-order chi connectivity index (χ0) is 14.6. The van der Waals surface area contributed by atoms with Crippen molar-refractivity contribution in [3.8, 4) is 11.8 Å². The molecule has 4 nitrogen and oxygen atoms in total. The van der Waals surface area contributed by atoms with E-state index in [1.54, 1.807) is 12.1 Å². The number of nitrogens with zero attached hydrogens (tertiary/aromatic N) is 1. The van der Waals surface area contributed by atoms with Crippen molar-refractivity contribution in [3.05, 3.63) is 17.7 Å². The Morgan fingerprint density at radius 1 is 0.947 bits per heavy atom. The lowest BCUT2D eigenvalue weighted by atomic mass is 10.0. The van der Waals surface area contributed by atoms with Crippen LogP contribution in [0.25, 0.3) is 0 Å². The first-order chi connectivity index (χ1) is 8.79. The Morgan fingerprint density at radius 3 is 1.68 bits per heavy atom. The summed E-state index contributed by atoms with van der Waals surface area (Å²) in [4.78, 5) is 16.3. The fourth-order valence-corrected chi connectivity index (χ4v) is 1.56. The average molecular weight is 265 g/mol. The average Bonchev–Trinajstić information content (AvgIpc) is 2.25. The molecule has 0 fully saturated rings. The first kappa shape index (κ1) is 15.5. The molecule has 0 aliphatic carbocycles. The van der Waals surface area contributed by atoms with Crippen LogP contribution in [0.15, 0.2) is 12.1 Å². The first-order valence-electron chi connectivity index (χ1n) is 6.69. The molecule has 0 N–H and O–H groups in total. The number of hydrogen-bond donors (Lipinski definition) is 0. The van der Waals surface area contributed by atoms with Gasteiger partial charge in [-0.3, -0.25) is 4.79 Å². The molecule has 1 aromatic rings. The van der Waals surface area contributed by atoms with Crippen LogP contribution in [0.1, 0.15) is 51.9 Å². The van der Waals surface area contributed by atoms with Gasteiger partial charge in [0.05, 0.1) is 12.2 Å². The third-order valence-electron chi connectivity index (χ3n) is 2.30. The zero-order valence-electron chi connectivity index (χ0n) is 12.6. The van der Waals surface area contributed by atoms with E-state index in [-0.39, 0.29) is 23.9 Å². The molecule has 0 atom stereocenters. The molecule has 0 saturated carbocycles. The predicted molar refractivity (Wildman–Crippen MR) is 74.9 cm³/mol. The molecule has 106 valence electrons. The Bertz CT molecular complexity index is 411. The highest BCUT2D eigenvalue weighted by molar-refractivity contribution is 5.97. The molecule has 0 aromatic carbocycles. The number of aromatic nitrogens is 1. The van der Waals surface area contributed by atoms with Crippen LogP contribution >= 0.6 is 0 Å². The lowest BCUT2D eigenvalue weighted by molar-refractivity contribution is 0.0937. The maximum absolute atomic E-state index is 12.1. The Hall–Kier alpha value is -1.58. The molecule has 0 unspecified atom stereocenters. The summed E-state index contributed by atoms with van der Waals surface area (Å²) in [5.74, 6) is 0.847. The van der Waals surface area contributed by atoms with Crippen molar-refractivity contribution >= 4 is 5.78 Å². The van der Waals surface area contributed by atoms with Crippen molar-refractivity contribution in [3.63, 3.8) is 0 Å². The molecule has 4 heteroatoms. The summed E-state index contributed by atoms with van der Waals surface area (Å²) in [7, 11) is 0. The Balaban J connectivity index is 3.12. The lowest BCUT2D eigenvalue weighted by Crippen LogP contribution is -2.13. The van der Waals surface area contributed by atoms with Gasteiger partial charge in [0.25, 0.3) is 0 Å². The van der Waals surface area contributed by atoms with Gasteiger partial charge in [0.1, 0.15) is 0 Å². The van der Waals surface area contributed by atoms with Gasteiger partial charge in [0.2, 0.25) is 11.8 Å². The summed E-state index contributed by atoms with van der Waals surface area (Å²) in [6.45, 7) is 11.4. The van der Waals surface area contributed by atoms with Crippen LogP contribution in [-0.2, 0) is 0 Å². The molecule has 0 aliphatic rings. The van der Waals surface area contributed by atoms with Gasteiger partial charge in [-0.25, -0.2) is 0 Å². The Morgan fingerprint density at radius 2 is 1.37 bits per heavy atom. The number of carbonyl (C=O) groups is 1. The molecule has 1 aromatic heterocycles. The monoisotopic (exact) mass is 265 g/mol. The number of hydrogen-bond acceptors (Lipinski definition) is 4. The van der Waals surface area contributed by atoms with Crippen molar-refractivity contribution in [2.75, 3.05) is 0 Å². The largest absolute Gasteiger partial charge is 0.475 e. The summed E-state index contributed by atoms with van der Waals surface area (Å²) in [5.41, 5.74) is 0.580. The van der Waals surface area contributed by atoms with Crippen molar-refractivity contribution in [1.82, 2.24) is 4.98 Å². The van der Waals surface area contributed by atoms with Crippen molar-refractivity contribution < 1.29 is 14.3 Å². The summed E-state index contributed by atoms with van der Waals surface area (Å²) in [6.07, 6.45) is 0.00704. The van der Waals surface area contributed by atoms with E-state index in [9.17, 15) is 4.79 Å². The second kappa shape index (κ2) is 6.55. The summed E-state index contributed by atoms with van der Waals surface area (Å²) < 4.78 is 11.1. The van der Waals surface area contributed by atoms with Crippen LogP contribution in [0.3, 0.4) is 0 Å². The summed E-state index contributed by atoms with van der Waals surface area (Å²) in [6, 6.07) is 3.35. The normalized spacial score (nSPS) is 11.2. The highest BCUT2D eigenvalue weighted by Crippen LogP contribution is 2.22. The number of rotatable bonds is 6. The third-order valence-corrected chi connectivity index (χ3v) is 2.30. The van der Waals surface area contributed by atoms with Crippen molar-refractivity contribution in [2.24, 2.45) is 5.92 Å². The molecule has 0 spiro atoms. The van der Waals surface area contributed by atoms with Gasteiger partial charge in [0, 0.05) is 23.6 Å². The second-order valence-electron chi connectivity index (χ2n) is 5.38. The van der Waals surface area contributed by atoms with Gasteiger partial charge in [0.15, 0.2) is 5.78 Å². The molecule has 0 radical (unpaired) electrons. The standard InChI is InChI=1S/C15H23NO3/c1-9(2)15(17)12-7-13(18-10(3)4)16-14(8-12)19-11(5)6/h7-11H,1-6H3. The van der Waals surface area contributed by atoms with Crippen LogP contribution in [0.5, 0.6) is 11.8 Å². The SMILES string of the molecule is CC(C)Oc1cc(C(=O)C(C)C)cc(OC(C)C)n1. The Labute approximate surface area is 115 Å². The highest BCUT2D eigenvalue weighted by Gasteiger charge is 2.15. The van der Waals surface area contributed by atoms with Gasteiger partial charge < -0.3 is 9.47 Å². The number of ether oxygens (including phenoxy) is 2. The minimum atomic E-state index is -0.0683. The van der Waals surface area contributed by atoms with Crippen LogP contribution in [0, 0.1) is 5.92 Å². The van der Waals surface area contributed by atoms with Gasteiger partial charge in [-0.1, -0.05) is 13.8 Å². The van der Waals surface area contributed by atoms with Crippen LogP contribution < -0.4 is 9.47 Å². The maximum atomic E-state index is 12.1. The maximum Gasteiger partial charge on any atom is 0.217 e. The zero-order valence-corrected chi connectivity index (χ0v) is 12.6. The fraction of sp³-hybridized carbons (Fsp3) is 0.600. The molecular weight excluding hydrogens is 242 g/mol. The number of carbonyl (C=O) groups excluding carboxylic acids is 1. The van der Waals surface area contributed by atoms with Crippen molar-refractivity contribution in [1.29, 1.82) is 0 Å². The van der Waals surface area contributed by atoms with E-state index in [1.165, 1.54) is 0 Å². The number of Topliss-reactive ketones (excluding diaryl/α,β-unsaturated/α-hetero) is 1. The lowest BCUT2D eigenvalue weighted by Gasteiger charge is -2.14. The summed E-state index contributed by atoms with van der Waals surface area (Å²) >= 11 is 0. The second-order valence-corrected chi connectivity index (χ2v) is 5.38. The van der Waals surface area contributed by atoms with Crippen LogP contribution in [-0.4, -0.2) is 23.0 Å². The smallest absolute Gasteiger partial charge is 0.217 e. The van der Waals surface area contributed by atoms with Crippen LogP contribution in [0.2, 0.25) is 0 Å². The molecule has 19 heavy (non-hydrogen) atoms. The van der Waals surface area contributed by atoms with E-state index in [0.29, 0.717) is 17.3 Å².